The van der Waals surface area contributed by atoms with Gasteiger partial charge in [-0.05, 0) is 57.3 Å². The minimum atomic E-state index is -0.118. The Labute approximate surface area is 202 Å². The largest absolute Gasteiger partial charge is 0.466 e. The molecule has 0 aliphatic carbocycles. The predicted octanol–water partition coefficient (Wildman–Crippen LogP) is 7.17. The van der Waals surface area contributed by atoms with E-state index in [0.29, 0.717) is 25.2 Å². The van der Waals surface area contributed by atoms with Gasteiger partial charge in [0.05, 0.1) is 6.04 Å². The molecule has 1 atom stereocenters. The Hall–Kier alpha value is -2.62. The monoisotopic (exact) mass is 455 g/mol. The standard InChI is InChI=1S/C29H45NO3/c1-4-5-6-7-8-9-10-11-12-13-14-15-16-17-18-19-20-21-22-23-29(32)30-28(24-27(2)3)25-33-26-31/h5-6,8-9,11-12,14-15,17-18,20-21,26-28H,4,7,10,13,16,19,22-25H2,1-3H3,(H,30,32). The molecule has 0 heterocycles. The molecule has 0 spiro atoms. The highest BCUT2D eigenvalue weighted by atomic mass is 16.5. The second-order valence-electron chi connectivity index (χ2n) is 8.28. The fraction of sp³-hybridized carbons (Fsp3) is 0.517. The molecule has 0 aromatic carbocycles. The summed E-state index contributed by atoms with van der Waals surface area (Å²) < 4.78 is 4.81. The van der Waals surface area contributed by atoms with Crippen molar-refractivity contribution in [3.05, 3.63) is 72.9 Å². The molecule has 0 saturated heterocycles. The lowest BCUT2D eigenvalue weighted by Gasteiger charge is -2.19. The molecule has 0 bridgehead atoms. The third-order valence-electron chi connectivity index (χ3n) is 4.62. The van der Waals surface area contributed by atoms with Crippen LogP contribution in [-0.4, -0.2) is 25.0 Å². The Balaban J connectivity index is 3.81. The Morgan fingerprint density at radius 3 is 1.64 bits per heavy atom. The second-order valence-corrected chi connectivity index (χ2v) is 8.28. The number of hydrogen-bond acceptors (Lipinski definition) is 3. The maximum atomic E-state index is 12.1. The average molecular weight is 456 g/mol. The normalized spacial score (nSPS) is 13.6. The first kappa shape index (κ1) is 30.4. The number of amides is 1. The quantitative estimate of drug-likeness (QED) is 0.156. The fourth-order valence-electron chi connectivity index (χ4n) is 3.05. The van der Waals surface area contributed by atoms with Crippen molar-refractivity contribution in [2.45, 2.75) is 84.6 Å². The lowest BCUT2D eigenvalue weighted by atomic mass is 10.0. The first-order valence-corrected chi connectivity index (χ1v) is 12.3. The molecule has 4 nitrogen and oxygen atoms in total. The number of nitrogens with one attached hydrogen (secondary N) is 1. The number of carbonyl (C=O) groups is 2. The highest BCUT2D eigenvalue weighted by Crippen LogP contribution is 2.06. The van der Waals surface area contributed by atoms with Crippen molar-refractivity contribution in [1.82, 2.24) is 5.32 Å². The summed E-state index contributed by atoms with van der Waals surface area (Å²) in [5.41, 5.74) is 0. The number of rotatable bonds is 20. The van der Waals surface area contributed by atoms with E-state index in [0.717, 1.165) is 44.9 Å². The molecular formula is C29H45NO3. The van der Waals surface area contributed by atoms with Crippen molar-refractivity contribution in [3.8, 4) is 0 Å². The summed E-state index contributed by atoms with van der Waals surface area (Å²) in [4.78, 5) is 22.4. The first-order valence-electron chi connectivity index (χ1n) is 12.3. The molecule has 33 heavy (non-hydrogen) atoms. The van der Waals surface area contributed by atoms with Crippen molar-refractivity contribution in [2.24, 2.45) is 5.92 Å². The lowest BCUT2D eigenvalue weighted by molar-refractivity contribution is -0.131. The van der Waals surface area contributed by atoms with Gasteiger partial charge in [-0.2, -0.15) is 0 Å². The second kappa shape index (κ2) is 24.0. The number of carbonyl (C=O) groups excluding carboxylic acids is 2. The molecule has 0 saturated carbocycles. The van der Waals surface area contributed by atoms with Crippen molar-refractivity contribution in [3.63, 3.8) is 0 Å². The van der Waals surface area contributed by atoms with Gasteiger partial charge in [0, 0.05) is 6.42 Å². The molecule has 1 N–H and O–H groups in total. The number of hydrogen-bond donors (Lipinski definition) is 1. The van der Waals surface area contributed by atoms with Gasteiger partial charge < -0.3 is 10.1 Å². The molecule has 0 aliphatic heterocycles. The van der Waals surface area contributed by atoms with E-state index < -0.39 is 0 Å². The van der Waals surface area contributed by atoms with Crippen molar-refractivity contribution < 1.29 is 14.3 Å². The van der Waals surface area contributed by atoms with Crippen molar-refractivity contribution in [2.75, 3.05) is 6.61 Å². The topological polar surface area (TPSA) is 55.4 Å². The van der Waals surface area contributed by atoms with Crippen LogP contribution in [0.1, 0.15) is 78.6 Å². The first-order chi connectivity index (χ1) is 16.1. The van der Waals surface area contributed by atoms with E-state index >= 15 is 0 Å². The van der Waals surface area contributed by atoms with Crippen LogP contribution < -0.4 is 5.32 Å². The van der Waals surface area contributed by atoms with E-state index in [9.17, 15) is 9.59 Å². The van der Waals surface area contributed by atoms with Gasteiger partial charge in [0.1, 0.15) is 6.61 Å². The lowest BCUT2D eigenvalue weighted by Crippen LogP contribution is -2.39. The molecule has 1 amide bonds. The van der Waals surface area contributed by atoms with E-state index in [1.165, 1.54) is 0 Å². The van der Waals surface area contributed by atoms with Crippen molar-refractivity contribution >= 4 is 12.4 Å². The molecule has 0 aliphatic rings. The van der Waals surface area contributed by atoms with Gasteiger partial charge in [-0.3, -0.25) is 9.59 Å². The highest BCUT2D eigenvalue weighted by Gasteiger charge is 2.14. The Morgan fingerprint density at radius 2 is 1.21 bits per heavy atom. The minimum Gasteiger partial charge on any atom is -0.466 e. The van der Waals surface area contributed by atoms with E-state index in [4.69, 9.17) is 4.74 Å². The van der Waals surface area contributed by atoms with Gasteiger partial charge in [-0.15, -0.1) is 0 Å². The van der Waals surface area contributed by atoms with Crippen LogP contribution in [0.5, 0.6) is 0 Å². The predicted molar refractivity (Wildman–Crippen MR) is 141 cm³/mol. The summed E-state index contributed by atoms with van der Waals surface area (Å²) in [7, 11) is 0. The summed E-state index contributed by atoms with van der Waals surface area (Å²) in [6.07, 6.45) is 33.9. The van der Waals surface area contributed by atoms with Crippen LogP contribution >= 0.6 is 0 Å². The molecule has 0 radical (unpaired) electrons. The molecular weight excluding hydrogens is 410 g/mol. The van der Waals surface area contributed by atoms with Gasteiger partial charge in [-0.1, -0.05) is 93.7 Å². The summed E-state index contributed by atoms with van der Waals surface area (Å²) in [5, 5.41) is 2.95. The maximum Gasteiger partial charge on any atom is 0.293 e. The molecule has 0 rings (SSSR count). The Morgan fingerprint density at radius 1 is 0.758 bits per heavy atom. The Kier molecular flexibility index (Phi) is 22.1. The molecule has 4 heteroatoms. The third-order valence-corrected chi connectivity index (χ3v) is 4.62. The zero-order valence-corrected chi connectivity index (χ0v) is 21.0. The fourth-order valence-corrected chi connectivity index (χ4v) is 3.05. The van der Waals surface area contributed by atoms with Gasteiger partial charge >= 0.3 is 0 Å². The van der Waals surface area contributed by atoms with Crippen LogP contribution in [0.4, 0.5) is 0 Å². The van der Waals surface area contributed by atoms with Gasteiger partial charge in [0.15, 0.2) is 0 Å². The van der Waals surface area contributed by atoms with Crippen LogP contribution in [0, 0.1) is 5.92 Å². The van der Waals surface area contributed by atoms with E-state index in [1.54, 1.807) is 0 Å². The molecule has 0 aromatic heterocycles. The molecule has 184 valence electrons. The van der Waals surface area contributed by atoms with Crippen LogP contribution in [-0.2, 0) is 14.3 Å². The van der Waals surface area contributed by atoms with Crippen LogP contribution in [0.15, 0.2) is 72.9 Å². The maximum absolute atomic E-state index is 12.1. The van der Waals surface area contributed by atoms with Gasteiger partial charge in [0.2, 0.25) is 5.91 Å². The van der Waals surface area contributed by atoms with Crippen LogP contribution in [0.2, 0.25) is 0 Å². The minimum absolute atomic E-state index is 0.00493. The number of allylic oxidation sites excluding steroid dienone is 12. The smallest absolute Gasteiger partial charge is 0.293 e. The van der Waals surface area contributed by atoms with Gasteiger partial charge in [-0.25, -0.2) is 0 Å². The van der Waals surface area contributed by atoms with Crippen molar-refractivity contribution in [1.29, 1.82) is 0 Å². The van der Waals surface area contributed by atoms with Crippen LogP contribution in [0.3, 0.4) is 0 Å². The zero-order chi connectivity index (χ0) is 24.4. The Bertz CT molecular complexity index is 654. The third kappa shape index (κ3) is 23.9. The highest BCUT2D eigenvalue weighted by molar-refractivity contribution is 5.76. The molecule has 0 aromatic rings. The van der Waals surface area contributed by atoms with E-state index in [2.05, 4.69) is 92.9 Å². The summed E-state index contributed by atoms with van der Waals surface area (Å²) >= 11 is 0. The van der Waals surface area contributed by atoms with E-state index in [-0.39, 0.29) is 18.6 Å². The van der Waals surface area contributed by atoms with E-state index in [1.807, 2.05) is 6.08 Å². The number of ether oxygens (including phenoxy) is 1. The van der Waals surface area contributed by atoms with Gasteiger partial charge in [0.25, 0.3) is 6.47 Å². The average Bonchev–Trinajstić information content (AvgIpc) is 2.78. The molecule has 1 unspecified atom stereocenters. The zero-order valence-electron chi connectivity index (χ0n) is 21.0. The SMILES string of the molecule is CCC=CCC=CCC=CCC=CCC=CCC=CCCC(=O)NC(COC=O)CC(C)C. The molecule has 0 fully saturated rings. The summed E-state index contributed by atoms with van der Waals surface area (Å²) in [6, 6.07) is -0.118. The summed E-state index contributed by atoms with van der Waals surface area (Å²) in [5.74, 6) is 0.420. The summed E-state index contributed by atoms with van der Waals surface area (Å²) in [6.45, 7) is 6.97. The van der Waals surface area contributed by atoms with Crippen LogP contribution in [0.25, 0.3) is 0 Å².